The second-order valence-corrected chi connectivity index (χ2v) is 4.05. The van der Waals surface area contributed by atoms with E-state index < -0.39 is 0 Å². The smallest absolute Gasteiger partial charge is 0.166 e. The van der Waals surface area contributed by atoms with Gasteiger partial charge in [0.2, 0.25) is 0 Å². The molecule has 0 bridgehead atoms. The summed E-state index contributed by atoms with van der Waals surface area (Å²) in [5.41, 5.74) is 0. The molecule has 0 amide bonds. The average Bonchev–Trinajstić information content (AvgIpc) is 2.61. The summed E-state index contributed by atoms with van der Waals surface area (Å²) in [5.74, 6) is 1.74. The zero-order chi connectivity index (χ0) is 11.1. The van der Waals surface area contributed by atoms with Crippen LogP contribution in [0.2, 0.25) is 0 Å². The minimum Gasteiger partial charge on any atom is -0.468 e. The summed E-state index contributed by atoms with van der Waals surface area (Å²) in [6.45, 7) is 7.25. The monoisotopic (exact) mass is 230 g/mol. The second-order valence-electron chi connectivity index (χ2n) is 2.99. The highest BCUT2D eigenvalue weighted by molar-refractivity contribution is 7.99. The third-order valence-electron chi connectivity index (χ3n) is 1.89. The Hall–Kier alpha value is -0.450. The molecule has 1 aromatic heterocycles. The van der Waals surface area contributed by atoms with Crippen LogP contribution in [0.3, 0.4) is 0 Å². The van der Waals surface area contributed by atoms with Crippen molar-refractivity contribution in [3.05, 3.63) is 18.1 Å². The molecular formula is C11H18O3S. The van der Waals surface area contributed by atoms with Crippen LogP contribution in [-0.4, -0.2) is 25.3 Å². The van der Waals surface area contributed by atoms with Gasteiger partial charge in [-0.15, -0.1) is 11.8 Å². The van der Waals surface area contributed by atoms with Gasteiger partial charge in [-0.2, -0.15) is 0 Å². The van der Waals surface area contributed by atoms with Crippen LogP contribution in [0.4, 0.5) is 0 Å². The topological polar surface area (TPSA) is 31.6 Å². The van der Waals surface area contributed by atoms with Crippen molar-refractivity contribution in [3.63, 3.8) is 0 Å². The fourth-order valence-corrected chi connectivity index (χ4v) is 2.11. The van der Waals surface area contributed by atoms with Gasteiger partial charge in [-0.05, 0) is 26.8 Å². The Morgan fingerprint density at radius 2 is 2.00 bits per heavy atom. The van der Waals surface area contributed by atoms with E-state index in [1.807, 2.05) is 26.8 Å². The molecule has 0 saturated carbocycles. The molecule has 0 aliphatic heterocycles. The van der Waals surface area contributed by atoms with Crippen LogP contribution in [0.15, 0.2) is 21.6 Å². The van der Waals surface area contributed by atoms with Crippen molar-refractivity contribution in [1.29, 1.82) is 0 Å². The minimum atomic E-state index is -0.126. The molecule has 0 atom stereocenters. The van der Waals surface area contributed by atoms with Crippen LogP contribution in [0, 0.1) is 6.92 Å². The number of ether oxygens (including phenoxy) is 2. The summed E-state index contributed by atoms with van der Waals surface area (Å²) in [4.78, 5) is 1.15. The quantitative estimate of drug-likeness (QED) is 0.532. The predicted octanol–water partition coefficient (Wildman–Crippen LogP) is 3.08. The van der Waals surface area contributed by atoms with E-state index in [1.54, 1.807) is 18.0 Å². The zero-order valence-electron chi connectivity index (χ0n) is 9.49. The largest absolute Gasteiger partial charge is 0.468 e. The van der Waals surface area contributed by atoms with Crippen LogP contribution >= 0.6 is 11.8 Å². The van der Waals surface area contributed by atoms with Gasteiger partial charge in [0.1, 0.15) is 5.76 Å². The predicted molar refractivity (Wildman–Crippen MR) is 61.2 cm³/mol. The summed E-state index contributed by atoms with van der Waals surface area (Å²) in [7, 11) is 0. The molecular weight excluding hydrogens is 212 g/mol. The number of thioether (sulfide) groups is 1. The molecule has 0 N–H and O–H groups in total. The van der Waals surface area contributed by atoms with Crippen molar-refractivity contribution in [2.45, 2.75) is 32.0 Å². The van der Waals surface area contributed by atoms with E-state index in [0.717, 1.165) is 16.4 Å². The summed E-state index contributed by atoms with van der Waals surface area (Å²) >= 11 is 1.70. The maximum absolute atomic E-state index is 5.45. The second kappa shape index (κ2) is 6.93. The fraction of sp³-hybridized carbons (Fsp3) is 0.636. The molecule has 3 nitrogen and oxygen atoms in total. The third-order valence-corrected chi connectivity index (χ3v) is 3.06. The normalized spacial score (nSPS) is 11.2. The van der Waals surface area contributed by atoms with Crippen LogP contribution in [-0.2, 0) is 9.47 Å². The van der Waals surface area contributed by atoms with Crippen molar-refractivity contribution in [3.8, 4) is 0 Å². The number of rotatable bonds is 7. The van der Waals surface area contributed by atoms with Gasteiger partial charge >= 0.3 is 0 Å². The Morgan fingerprint density at radius 3 is 2.47 bits per heavy atom. The van der Waals surface area contributed by atoms with Crippen molar-refractivity contribution in [2.75, 3.05) is 19.0 Å². The Balaban J connectivity index is 2.36. The van der Waals surface area contributed by atoms with Gasteiger partial charge in [-0.3, -0.25) is 0 Å². The van der Waals surface area contributed by atoms with Crippen LogP contribution < -0.4 is 0 Å². The number of hydrogen-bond acceptors (Lipinski definition) is 4. The third kappa shape index (κ3) is 4.28. The van der Waals surface area contributed by atoms with E-state index >= 15 is 0 Å². The van der Waals surface area contributed by atoms with Gasteiger partial charge in [0.25, 0.3) is 0 Å². The maximum atomic E-state index is 5.45. The Bertz CT molecular complexity index is 267. The molecule has 0 unspecified atom stereocenters. The molecule has 1 heterocycles. The first kappa shape index (κ1) is 12.6. The molecule has 0 saturated heterocycles. The standard InChI is InChI=1S/C11H18O3S/c1-4-12-11(13-5-2)8-15-10-6-7-14-9(10)3/h6-7,11H,4-5,8H2,1-3H3. The number of hydrogen-bond donors (Lipinski definition) is 0. The van der Waals surface area contributed by atoms with Crippen molar-refractivity contribution >= 4 is 11.8 Å². The van der Waals surface area contributed by atoms with Gasteiger partial charge in [0.15, 0.2) is 6.29 Å². The highest BCUT2D eigenvalue weighted by atomic mass is 32.2. The van der Waals surface area contributed by atoms with Gasteiger partial charge in [-0.1, -0.05) is 0 Å². The SMILES string of the molecule is CCOC(CSc1ccoc1C)OCC. The summed E-state index contributed by atoms with van der Waals surface area (Å²) in [6.07, 6.45) is 1.58. The first-order valence-corrected chi connectivity index (χ1v) is 6.16. The highest BCUT2D eigenvalue weighted by Crippen LogP contribution is 2.24. The van der Waals surface area contributed by atoms with Crippen molar-refractivity contribution in [2.24, 2.45) is 0 Å². The Labute approximate surface area is 95.1 Å². The Morgan fingerprint density at radius 1 is 1.33 bits per heavy atom. The van der Waals surface area contributed by atoms with Crippen LogP contribution in [0.5, 0.6) is 0 Å². The lowest BCUT2D eigenvalue weighted by atomic mass is 10.5. The molecule has 4 heteroatoms. The van der Waals surface area contributed by atoms with E-state index in [-0.39, 0.29) is 6.29 Å². The van der Waals surface area contributed by atoms with Crippen molar-refractivity contribution < 1.29 is 13.9 Å². The minimum absolute atomic E-state index is 0.126. The van der Waals surface area contributed by atoms with Gasteiger partial charge < -0.3 is 13.9 Å². The van der Waals surface area contributed by atoms with E-state index in [1.165, 1.54) is 0 Å². The van der Waals surface area contributed by atoms with Gasteiger partial charge in [0.05, 0.1) is 6.26 Å². The molecule has 1 aromatic rings. The Kier molecular flexibility index (Phi) is 5.83. The van der Waals surface area contributed by atoms with E-state index in [9.17, 15) is 0 Å². The molecule has 0 radical (unpaired) electrons. The molecule has 0 aromatic carbocycles. The fourth-order valence-electron chi connectivity index (χ4n) is 1.20. The maximum Gasteiger partial charge on any atom is 0.166 e. The van der Waals surface area contributed by atoms with E-state index in [0.29, 0.717) is 13.2 Å². The lowest BCUT2D eigenvalue weighted by Gasteiger charge is -2.15. The first-order valence-electron chi connectivity index (χ1n) is 5.18. The molecule has 15 heavy (non-hydrogen) atoms. The van der Waals surface area contributed by atoms with E-state index in [2.05, 4.69) is 0 Å². The molecule has 1 rings (SSSR count). The summed E-state index contributed by atoms with van der Waals surface area (Å²) in [5, 5.41) is 0. The van der Waals surface area contributed by atoms with Gasteiger partial charge in [0, 0.05) is 23.9 Å². The highest BCUT2D eigenvalue weighted by Gasteiger charge is 2.10. The average molecular weight is 230 g/mol. The summed E-state index contributed by atoms with van der Waals surface area (Å²) < 4.78 is 16.1. The molecule has 0 aliphatic rings. The van der Waals surface area contributed by atoms with E-state index in [4.69, 9.17) is 13.9 Å². The van der Waals surface area contributed by atoms with Crippen molar-refractivity contribution in [1.82, 2.24) is 0 Å². The lowest BCUT2D eigenvalue weighted by molar-refractivity contribution is -0.120. The van der Waals surface area contributed by atoms with Gasteiger partial charge in [-0.25, -0.2) is 0 Å². The molecule has 0 fully saturated rings. The van der Waals surface area contributed by atoms with Crippen LogP contribution in [0.1, 0.15) is 19.6 Å². The molecule has 0 spiro atoms. The first-order chi connectivity index (χ1) is 7.27. The lowest BCUT2D eigenvalue weighted by Crippen LogP contribution is -2.19. The molecule has 0 aliphatic carbocycles. The number of furan rings is 1. The zero-order valence-corrected chi connectivity index (χ0v) is 10.3. The molecule has 86 valence electrons. The summed E-state index contributed by atoms with van der Waals surface area (Å²) in [6, 6.07) is 1.97. The van der Waals surface area contributed by atoms with Crippen LogP contribution in [0.25, 0.3) is 0 Å². The number of aryl methyl sites for hydroxylation is 1.